The molecule has 0 unspecified atom stereocenters. The minimum atomic E-state index is -0.464. The van der Waals surface area contributed by atoms with Gasteiger partial charge in [0.25, 0.3) is 0 Å². The van der Waals surface area contributed by atoms with Crippen LogP contribution in [0.1, 0.15) is 13.8 Å². The summed E-state index contributed by atoms with van der Waals surface area (Å²) in [6.07, 6.45) is 1.75. The molecule has 0 rings (SSSR count). The van der Waals surface area contributed by atoms with E-state index in [4.69, 9.17) is 10.4 Å². The van der Waals surface area contributed by atoms with Crippen LogP contribution in [0.3, 0.4) is 0 Å². The molecule has 0 saturated heterocycles. The summed E-state index contributed by atoms with van der Waals surface area (Å²) in [6.45, 7) is 3.47. The molecule has 0 aliphatic carbocycles. The normalized spacial score (nSPS) is 10.2. The summed E-state index contributed by atoms with van der Waals surface area (Å²) in [5.74, 6) is 0. The molecule has 0 fully saturated rings. The van der Waals surface area contributed by atoms with Gasteiger partial charge in [-0.3, -0.25) is 0 Å². The van der Waals surface area contributed by atoms with Crippen molar-refractivity contribution in [3.8, 4) is 6.19 Å². The molecule has 0 radical (unpaired) electrons. The van der Waals surface area contributed by atoms with E-state index < -0.39 is 5.54 Å². The summed E-state index contributed by atoms with van der Waals surface area (Å²) in [6, 6.07) is 0. The van der Waals surface area contributed by atoms with Crippen LogP contribution in [0.15, 0.2) is 0 Å². The molecule has 0 aliphatic heterocycles. The lowest BCUT2D eigenvalue weighted by Crippen LogP contribution is -2.39. The highest BCUT2D eigenvalue weighted by Gasteiger charge is 2.13. The Bertz CT molecular complexity index is 103. The summed E-state index contributed by atoms with van der Waals surface area (Å²) >= 11 is 0. The third kappa shape index (κ3) is 2.43. The Kier molecular flexibility index (Phi) is 2.29. The second-order valence-corrected chi connectivity index (χ2v) is 2.28. The fourth-order valence-electron chi connectivity index (χ4n) is 0.191. The Hall–Kier alpha value is -0.750. The van der Waals surface area contributed by atoms with Gasteiger partial charge in [0.05, 0.1) is 12.1 Å². The predicted octanol–water partition coefficient (Wildman–Crippen LogP) is -0.172. The first-order chi connectivity index (χ1) is 3.62. The van der Waals surface area contributed by atoms with Gasteiger partial charge in [-0.15, -0.1) is 0 Å². The molecular weight excluding hydrogens is 104 g/mol. The fraction of sp³-hybridized carbons (Fsp3) is 0.800. The topological polar surface area (TPSA) is 56.0 Å². The van der Waals surface area contributed by atoms with Gasteiger partial charge in [0.1, 0.15) is 0 Å². The average Bonchev–Trinajstić information content (AvgIpc) is 1.67. The molecule has 0 aromatic heterocycles. The number of nitriles is 1. The van der Waals surface area contributed by atoms with Gasteiger partial charge < -0.3 is 10.4 Å². The largest absolute Gasteiger partial charge is 0.394 e. The van der Waals surface area contributed by atoms with E-state index >= 15 is 0 Å². The highest BCUT2D eigenvalue weighted by molar-refractivity contribution is 4.83. The Balaban J connectivity index is 3.58. The van der Waals surface area contributed by atoms with Crippen molar-refractivity contribution in [2.45, 2.75) is 19.4 Å². The maximum absolute atomic E-state index is 8.51. The Morgan fingerprint density at radius 1 is 1.75 bits per heavy atom. The van der Waals surface area contributed by atoms with Crippen LogP contribution in [0.4, 0.5) is 0 Å². The highest BCUT2D eigenvalue weighted by Crippen LogP contribution is 1.96. The lowest BCUT2D eigenvalue weighted by atomic mass is 10.1. The summed E-state index contributed by atoms with van der Waals surface area (Å²) in [7, 11) is 0. The van der Waals surface area contributed by atoms with Crippen LogP contribution in [0.5, 0.6) is 0 Å². The molecule has 0 amide bonds. The standard InChI is InChI=1S/C5H10N2O/c1-5(2,3-8)7-4-6/h7-8H,3H2,1-2H3. The van der Waals surface area contributed by atoms with Crippen LogP contribution in [0.2, 0.25) is 0 Å². The zero-order chi connectivity index (χ0) is 6.62. The molecule has 0 aliphatic rings. The first kappa shape index (κ1) is 7.25. The van der Waals surface area contributed by atoms with Crippen molar-refractivity contribution in [2.24, 2.45) is 0 Å². The maximum Gasteiger partial charge on any atom is 0.177 e. The molecule has 8 heavy (non-hydrogen) atoms. The van der Waals surface area contributed by atoms with Gasteiger partial charge >= 0.3 is 0 Å². The third-order valence-corrected chi connectivity index (χ3v) is 0.790. The van der Waals surface area contributed by atoms with Crippen LogP contribution >= 0.6 is 0 Å². The van der Waals surface area contributed by atoms with Crippen LogP contribution < -0.4 is 5.32 Å². The predicted molar refractivity (Wildman–Crippen MR) is 29.9 cm³/mol. The van der Waals surface area contributed by atoms with Crippen LogP contribution in [-0.2, 0) is 0 Å². The molecule has 3 heteroatoms. The number of nitrogens with zero attached hydrogens (tertiary/aromatic N) is 1. The monoisotopic (exact) mass is 114 g/mol. The summed E-state index contributed by atoms with van der Waals surface area (Å²) in [5, 5.41) is 19.0. The van der Waals surface area contributed by atoms with Gasteiger partial charge in [-0.1, -0.05) is 0 Å². The number of hydrogen-bond donors (Lipinski definition) is 2. The second kappa shape index (κ2) is 2.53. The van der Waals surface area contributed by atoms with Crippen molar-refractivity contribution < 1.29 is 5.11 Å². The van der Waals surface area contributed by atoms with Gasteiger partial charge in [0.2, 0.25) is 0 Å². The van der Waals surface area contributed by atoms with E-state index in [2.05, 4.69) is 5.32 Å². The summed E-state index contributed by atoms with van der Waals surface area (Å²) in [4.78, 5) is 0. The number of aliphatic hydroxyl groups excluding tert-OH is 1. The molecule has 0 atom stereocenters. The van der Waals surface area contributed by atoms with Gasteiger partial charge in [-0.25, -0.2) is 0 Å². The number of hydrogen-bond acceptors (Lipinski definition) is 3. The highest BCUT2D eigenvalue weighted by atomic mass is 16.3. The van der Waals surface area contributed by atoms with Crippen molar-refractivity contribution in [2.75, 3.05) is 6.61 Å². The number of rotatable bonds is 2. The molecule has 2 N–H and O–H groups in total. The molecule has 3 nitrogen and oxygen atoms in total. The lowest BCUT2D eigenvalue weighted by molar-refractivity contribution is 0.203. The van der Waals surface area contributed by atoms with Crippen molar-refractivity contribution in [1.82, 2.24) is 5.32 Å². The van der Waals surface area contributed by atoms with Crippen molar-refractivity contribution in [3.63, 3.8) is 0 Å². The lowest BCUT2D eigenvalue weighted by Gasteiger charge is -2.18. The Morgan fingerprint density at radius 2 is 2.25 bits per heavy atom. The fourth-order valence-corrected chi connectivity index (χ4v) is 0.191. The van der Waals surface area contributed by atoms with Gasteiger partial charge in [0, 0.05) is 0 Å². The van der Waals surface area contributed by atoms with E-state index in [0.717, 1.165) is 0 Å². The van der Waals surface area contributed by atoms with Crippen molar-refractivity contribution >= 4 is 0 Å². The summed E-state index contributed by atoms with van der Waals surface area (Å²) in [5.41, 5.74) is -0.464. The molecule has 0 bridgehead atoms. The van der Waals surface area contributed by atoms with E-state index in [0.29, 0.717) is 0 Å². The molecule has 46 valence electrons. The van der Waals surface area contributed by atoms with Gasteiger partial charge in [-0.2, -0.15) is 5.26 Å². The third-order valence-electron chi connectivity index (χ3n) is 0.790. The Morgan fingerprint density at radius 3 is 2.38 bits per heavy atom. The van der Waals surface area contributed by atoms with Crippen molar-refractivity contribution in [3.05, 3.63) is 0 Å². The van der Waals surface area contributed by atoms with Crippen LogP contribution in [0, 0.1) is 11.5 Å². The van der Waals surface area contributed by atoms with Crippen LogP contribution in [-0.4, -0.2) is 17.3 Å². The second-order valence-electron chi connectivity index (χ2n) is 2.28. The molecule has 0 aromatic rings. The van der Waals surface area contributed by atoms with E-state index in [1.807, 2.05) is 0 Å². The molecule has 0 saturated carbocycles. The molecule has 0 heterocycles. The number of nitrogens with one attached hydrogen (secondary N) is 1. The minimum absolute atomic E-state index is 0.0272. The van der Waals surface area contributed by atoms with E-state index in [1.165, 1.54) is 0 Å². The molecule has 0 aromatic carbocycles. The minimum Gasteiger partial charge on any atom is -0.394 e. The molecular formula is C5H10N2O. The van der Waals surface area contributed by atoms with Gasteiger partial charge in [0.15, 0.2) is 6.19 Å². The van der Waals surface area contributed by atoms with Gasteiger partial charge in [-0.05, 0) is 13.8 Å². The molecule has 0 spiro atoms. The SMILES string of the molecule is CC(C)(CO)NC#N. The van der Waals surface area contributed by atoms with Crippen molar-refractivity contribution in [1.29, 1.82) is 5.26 Å². The zero-order valence-corrected chi connectivity index (χ0v) is 5.10. The average molecular weight is 114 g/mol. The quantitative estimate of drug-likeness (QED) is 0.387. The first-order valence-electron chi connectivity index (χ1n) is 2.39. The van der Waals surface area contributed by atoms with E-state index in [1.54, 1.807) is 20.0 Å². The maximum atomic E-state index is 8.51. The summed E-state index contributed by atoms with van der Waals surface area (Å²) < 4.78 is 0. The van der Waals surface area contributed by atoms with E-state index in [9.17, 15) is 0 Å². The number of aliphatic hydroxyl groups is 1. The Labute approximate surface area is 48.9 Å². The smallest absolute Gasteiger partial charge is 0.177 e. The van der Waals surface area contributed by atoms with Crippen LogP contribution in [0.25, 0.3) is 0 Å². The zero-order valence-electron chi connectivity index (χ0n) is 5.10. The first-order valence-corrected chi connectivity index (χ1v) is 2.39. The van der Waals surface area contributed by atoms with E-state index in [-0.39, 0.29) is 6.61 Å².